The van der Waals surface area contributed by atoms with Gasteiger partial charge < -0.3 is 15.2 Å². The molecule has 1 aliphatic heterocycles. The molecule has 4 rings (SSSR count). The van der Waals surface area contributed by atoms with E-state index >= 15 is 0 Å². The zero-order chi connectivity index (χ0) is 15.8. The van der Waals surface area contributed by atoms with Gasteiger partial charge in [0.25, 0.3) is 5.91 Å². The molecule has 1 amide bonds. The fourth-order valence-corrected chi connectivity index (χ4v) is 3.37. The largest absolute Gasteiger partial charge is 0.368 e. The lowest BCUT2D eigenvalue weighted by Crippen LogP contribution is -2.38. The second-order valence-electron chi connectivity index (χ2n) is 6.62. The maximum absolute atomic E-state index is 12.6. The van der Waals surface area contributed by atoms with Gasteiger partial charge in [0.05, 0.1) is 5.69 Å². The minimum absolute atomic E-state index is 0.130. The number of carbonyl (C=O) groups is 1. The fourth-order valence-electron chi connectivity index (χ4n) is 3.37. The Bertz CT molecular complexity index is 695. The molecule has 0 radical (unpaired) electrons. The van der Waals surface area contributed by atoms with Crippen LogP contribution >= 0.6 is 0 Å². The summed E-state index contributed by atoms with van der Waals surface area (Å²) in [7, 11) is 0. The van der Waals surface area contributed by atoms with Gasteiger partial charge in [0.1, 0.15) is 0 Å². The smallest absolute Gasteiger partial charge is 0.253 e. The van der Waals surface area contributed by atoms with E-state index in [4.69, 9.17) is 10.3 Å². The molecule has 120 valence electrons. The van der Waals surface area contributed by atoms with Gasteiger partial charge >= 0.3 is 0 Å². The van der Waals surface area contributed by atoms with E-state index in [1.54, 1.807) is 6.07 Å². The first kappa shape index (κ1) is 14.3. The van der Waals surface area contributed by atoms with Crippen LogP contribution in [0.5, 0.6) is 0 Å². The summed E-state index contributed by atoms with van der Waals surface area (Å²) in [4.78, 5) is 14.6. The van der Waals surface area contributed by atoms with Gasteiger partial charge in [-0.15, -0.1) is 0 Å². The lowest BCUT2D eigenvalue weighted by atomic mass is 9.93. The number of hydrogen-bond acceptors (Lipinski definition) is 4. The van der Waals surface area contributed by atoms with Gasteiger partial charge in [-0.3, -0.25) is 4.79 Å². The number of nitrogen functional groups attached to an aromatic ring is 1. The van der Waals surface area contributed by atoms with Crippen molar-refractivity contribution < 1.29 is 9.32 Å². The van der Waals surface area contributed by atoms with Crippen LogP contribution < -0.4 is 5.73 Å². The molecule has 0 bridgehead atoms. The first-order valence-corrected chi connectivity index (χ1v) is 8.32. The monoisotopic (exact) mass is 311 g/mol. The molecule has 2 fully saturated rings. The van der Waals surface area contributed by atoms with Crippen molar-refractivity contribution in [1.29, 1.82) is 0 Å². The molecular weight excluding hydrogens is 290 g/mol. The minimum Gasteiger partial charge on any atom is -0.368 e. The van der Waals surface area contributed by atoms with E-state index in [2.05, 4.69) is 17.3 Å². The number of amides is 1. The number of anilines is 1. The topological polar surface area (TPSA) is 72.4 Å². The molecule has 23 heavy (non-hydrogen) atoms. The van der Waals surface area contributed by atoms with Crippen LogP contribution in [0.25, 0.3) is 0 Å². The average molecular weight is 311 g/mol. The van der Waals surface area contributed by atoms with Crippen LogP contribution in [0.4, 0.5) is 5.88 Å². The molecule has 0 spiro atoms. The highest BCUT2D eigenvalue weighted by molar-refractivity contribution is 5.94. The summed E-state index contributed by atoms with van der Waals surface area (Å²) in [5.74, 6) is 1.54. The summed E-state index contributed by atoms with van der Waals surface area (Å²) in [6.45, 7) is 1.50. The van der Waals surface area contributed by atoms with Crippen molar-refractivity contribution in [2.24, 2.45) is 0 Å². The SMILES string of the molecule is Nc1cc(C2CCN(C(=O)c3ccc(C4CC4)cc3)CC2)no1. The molecule has 1 aliphatic carbocycles. The van der Waals surface area contributed by atoms with Gasteiger partial charge in [-0.1, -0.05) is 17.3 Å². The molecule has 2 aromatic rings. The summed E-state index contributed by atoms with van der Waals surface area (Å²) >= 11 is 0. The third kappa shape index (κ3) is 2.96. The number of piperidine rings is 1. The molecule has 5 nitrogen and oxygen atoms in total. The molecular formula is C18H21N3O2. The number of nitrogens with two attached hydrogens (primary N) is 1. The van der Waals surface area contributed by atoms with Crippen molar-refractivity contribution in [3.63, 3.8) is 0 Å². The number of hydrogen-bond donors (Lipinski definition) is 1. The Hall–Kier alpha value is -2.30. The zero-order valence-electron chi connectivity index (χ0n) is 13.1. The predicted octanol–water partition coefficient (Wildman–Crippen LogP) is 3.15. The van der Waals surface area contributed by atoms with Gasteiger partial charge in [0, 0.05) is 30.6 Å². The first-order valence-electron chi connectivity index (χ1n) is 8.32. The summed E-state index contributed by atoms with van der Waals surface area (Å²) in [6.07, 6.45) is 4.37. The Kier molecular flexibility index (Phi) is 3.56. The van der Waals surface area contributed by atoms with Gasteiger partial charge in [-0.05, 0) is 49.3 Å². The van der Waals surface area contributed by atoms with E-state index in [0.717, 1.165) is 43.1 Å². The van der Waals surface area contributed by atoms with Crippen molar-refractivity contribution in [3.05, 3.63) is 47.2 Å². The summed E-state index contributed by atoms with van der Waals surface area (Å²) in [5, 5.41) is 4.00. The second kappa shape index (κ2) is 5.72. The van der Waals surface area contributed by atoms with E-state index in [-0.39, 0.29) is 5.91 Å². The van der Waals surface area contributed by atoms with Crippen LogP contribution in [0.15, 0.2) is 34.9 Å². The standard InChI is InChI=1S/C18H21N3O2/c19-17-11-16(20-23-17)14-7-9-21(10-8-14)18(22)15-5-3-13(4-6-15)12-1-2-12/h3-6,11-12,14H,1-2,7-10,19H2. The van der Waals surface area contributed by atoms with Gasteiger partial charge in [-0.2, -0.15) is 0 Å². The molecule has 2 N–H and O–H groups in total. The normalized spacial score (nSPS) is 19.0. The summed E-state index contributed by atoms with van der Waals surface area (Å²) in [5.41, 5.74) is 8.64. The van der Waals surface area contributed by atoms with Crippen LogP contribution in [0.1, 0.15) is 59.1 Å². The Labute approximate surface area is 135 Å². The zero-order valence-corrected chi connectivity index (χ0v) is 13.1. The molecule has 1 saturated heterocycles. The Balaban J connectivity index is 1.38. The molecule has 1 saturated carbocycles. The number of rotatable bonds is 3. The van der Waals surface area contributed by atoms with E-state index in [0.29, 0.717) is 11.8 Å². The fraction of sp³-hybridized carbons (Fsp3) is 0.444. The number of nitrogens with zero attached hydrogens (tertiary/aromatic N) is 2. The first-order chi connectivity index (χ1) is 11.2. The van der Waals surface area contributed by atoms with Gasteiger partial charge in [0.15, 0.2) is 0 Å². The summed E-state index contributed by atoms with van der Waals surface area (Å²) in [6, 6.07) is 9.95. The number of carbonyl (C=O) groups excluding carboxylic acids is 1. The van der Waals surface area contributed by atoms with Crippen LogP contribution in [-0.4, -0.2) is 29.1 Å². The minimum atomic E-state index is 0.130. The van der Waals surface area contributed by atoms with Crippen LogP contribution in [0.3, 0.4) is 0 Å². The number of aromatic nitrogens is 1. The summed E-state index contributed by atoms with van der Waals surface area (Å²) < 4.78 is 4.94. The maximum Gasteiger partial charge on any atom is 0.253 e. The number of benzene rings is 1. The third-order valence-electron chi connectivity index (χ3n) is 4.95. The number of likely N-dealkylation sites (tertiary alicyclic amines) is 1. The highest BCUT2D eigenvalue weighted by Gasteiger charge is 2.27. The van der Waals surface area contributed by atoms with Crippen molar-refractivity contribution in [3.8, 4) is 0 Å². The van der Waals surface area contributed by atoms with Crippen molar-refractivity contribution in [2.75, 3.05) is 18.8 Å². The molecule has 1 aromatic carbocycles. The van der Waals surface area contributed by atoms with Gasteiger partial charge in [-0.25, -0.2) is 0 Å². The van der Waals surface area contributed by atoms with Crippen LogP contribution in [-0.2, 0) is 0 Å². The van der Waals surface area contributed by atoms with Crippen molar-refractivity contribution in [1.82, 2.24) is 10.1 Å². The third-order valence-corrected chi connectivity index (χ3v) is 4.95. The predicted molar refractivity (Wildman–Crippen MR) is 87.2 cm³/mol. The van der Waals surface area contributed by atoms with E-state index in [1.807, 2.05) is 17.0 Å². The average Bonchev–Trinajstić information content (AvgIpc) is 3.36. The lowest BCUT2D eigenvalue weighted by Gasteiger charge is -2.31. The highest BCUT2D eigenvalue weighted by Crippen LogP contribution is 2.40. The molecule has 1 aromatic heterocycles. The molecule has 5 heteroatoms. The van der Waals surface area contributed by atoms with Crippen LogP contribution in [0.2, 0.25) is 0 Å². The Morgan fingerprint density at radius 1 is 1.09 bits per heavy atom. The molecule has 2 heterocycles. The molecule has 0 atom stereocenters. The van der Waals surface area contributed by atoms with Gasteiger partial charge in [0.2, 0.25) is 5.88 Å². The lowest BCUT2D eigenvalue weighted by molar-refractivity contribution is 0.0711. The maximum atomic E-state index is 12.6. The molecule has 0 unspecified atom stereocenters. The van der Waals surface area contributed by atoms with E-state index < -0.39 is 0 Å². The van der Waals surface area contributed by atoms with Crippen LogP contribution in [0, 0.1) is 0 Å². The van der Waals surface area contributed by atoms with E-state index in [9.17, 15) is 4.79 Å². The van der Waals surface area contributed by atoms with Crippen molar-refractivity contribution in [2.45, 2.75) is 37.5 Å². The Morgan fingerprint density at radius 2 is 1.78 bits per heavy atom. The van der Waals surface area contributed by atoms with E-state index in [1.165, 1.54) is 18.4 Å². The molecule has 2 aliphatic rings. The highest BCUT2D eigenvalue weighted by atomic mass is 16.5. The Morgan fingerprint density at radius 3 is 2.35 bits per heavy atom. The quantitative estimate of drug-likeness (QED) is 0.945. The van der Waals surface area contributed by atoms with Crippen molar-refractivity contribution >= 4 is 11.8 Å². The second-order valence-corrected chi connectivity index (χ2v) is 6.62.